The molecule has 1 rings (SSSR count). The number of amides is 1. The monoisotopic (exact) mass is 457 g/mol. The summed E-state index contributed by atoms with van der Waals surface area (Å²) in [7, 11) is 0. The first kappa shape index (κ1) is 13.2. The number of hydrogen-bond acceptors (Lipinski definition) is 2. The molecule has 0 aliphatic rings. The van der Waals surface area contributed by atoms with Crippen LogP contribution in [0, 0.1) is 11.3 Å². The molecule has 7 heteroatoms. The summed E-state index contributed by atoms with van der Waals surface area (Å²) in [6.45, 7) is 0. The SMILES string of the molecule is N#Cc1c(Br)c(Br)c(Br)c(Br)c1C([NH])=O. The molecule has 0 fully saturated rings. The first-order valence-electron chi connectivity index (χ1n) is 3.43. The number of nitrogens with one attached hydrogen (secondary N) is 1. The lowest BCUT2D eigenvalue weighted by atomic mass is 10.1. The molecular weight excluding hydrogens is 460 g/mol. The van der Waals surface area contributed by atoms with Crippen molar-refractivity contribution in [1.29, 1.82) is 5.26 Å². The smallest absolute Gasteiger partial charge is 0.267 e. The second-order valence-electron chi connectivity index (χ2n) is 2.45. The van der Waals surface area contributed by atoms with Crippen LogP contribution in [0.4, 0.5) is 0 Å². The summed E-state index contributed by atoms with van der Waals surface area (Å²) in [5, 5.41) is 8.92. The van der Waals surface area contributed by atoms with Crippen LogP contribution < -0.4 is 5.73 Å². The Morgan fingerprint density at radius 3 is 1.93 bits per heavy atom. The van der Waals surface area contributed by atoms with E-state index in [9.17, 15) is 4.79 Å². The van der Waals surface area contributed by atoms with Crippen molar-refractivity contribution >= 4 is 69.6 Å². The highest BCUT2D eigenvalue weighted by Crippen LogP contribution is 2.41. The van der Waals surface area contributed by atoms with E-state index in [0.717, 1.165) is 0 Å². The molecule has 0 saturated carbocycles. The lowest BCUT2D eigenvalue weighted by molar-refractivity contribution is 0.0991. The molecular formula is C8HBr4N2O. The average Bonchev–Trinajstić information content (AvgIpc) is 2.19. The minimum absolute atomic E-state index is 0.0412. The molecule has 0 bridgehead atoms. The topological polar surface area (TPSA) is 64.7 Å². The molecule has 1 aromatic carbocycles. The number of nitrogens with zero attached hydrogens (tertiary/aromatic N) is 1. The molecule has 0 spiro atoms. The van der Waals surface area contributed by atoms with Crippen molar-refractivity contribution in [3.63, 3.8) is 0 Å². The van der Waals surface area contributed by atoms with Crippen LogP contribution in [0.2, 0.25) is 0 Å². The van der Waals surface area contributed by atoms with Crippen LogP contribution in [0.5, 0.6) is 0 Å². The lowest BCUT2D eigenvalue weighted by Crippen LogP contribution is -2.05. The minimum Gasteiger partial charge on any atom is -0.267 e. The van der Waals surface area contributed by atoms with Crippen LogP contribution in [0.15, 0.2) is 17.9 Å². The third-order valence-electron chi connectivity index (χ3n) is 1.61. The van der Waals surface area contributed by atoms with Gasteiger partial charge in [0.1, 0.15) is 6.07 Å². The van der Waals surface area contributed by atoms with Gasteiger partial charge in [-0.05, 0) is 63.7 Å². The highest BCUT2D eigenvalue weighted by atomic mass is 79.9. The zero-order valence-corrected chi connectivity index (χ0v) is 13.2. The first-order valence-corrected chi connectivity index (χ1v) is 6.61. The van der Waals surface area contributed by atoms with E-state index in [4.69, 9.17) is 11.0 Å². The van der Waals surface area contributed by atoms with Gasteiger partial charge in [0.25, 0.3) is 5.91 Å². The van der Waals surface area contributed by atoms with Crippen LogP contribution in [0.1, 0.15) is 15.9 Å². The van der Waals surface area contributed by atoms with Crippen molar-refractivity contribution in [3.05, 3.63) is 29.0 Å². The number of benzene rings is 1. The maximum absolute atomic E-state index is 11.1. The number of carbonyl (C=O) groups is 1. The minimum atomic E-state index is -0.910. The van der Waals surface area contributed by atoms with Crippen molar-refractivity contribution in [2.75, 3.05) is 0 Å². The van der Waals surface area contributed by atoms with Gasteiger partial charge in [0.2, 0.25) is 0 Å². The maximum Gasteiger partial charge on any atom is 0.272 e. The van der Waals surface area contributed by atoms with Gasteiger partial charge in [-0.3, -0.25) is 10.5 Å². The Hall–Kier alpha value is 0.1000. The maximum atomic E-state index is 11.1. The number of carbonyl (C=O) groups excluding carboxylic acids is 1. The van der Waals surface area contributed by atoms with Crippen LogP contribution in [-0.2, 0) is 0 Å². The number of hydrogen-bond donors (Lipinski definition) is 0. The normalized spacial score (nSPS) is 9.80. The molecule has 0 aromatic heterocycles. The van der Waals surface area contributed by atoms with Gasteiger partial charge in [0.05, 0.1) is 15.6 Å². The molecule has 0 unspecified atom stereocenters. The first-order chi connectivity index (χ1) is 6.91. The van der Waals surface area contributed by atoms with Gasteiger partial charge in [-0.2, -0.15) is 5.26 Å². The Morgan fingerprint density at radius 1 is 1.07 bits per heavy atom. The summed E-state index contributed by atoms with van der Waals surface area (Å²) in [6, 6.07) is 1.89. The van der Waals surface area contributed by atoms with Crippen molar-refractivity contribution in [3.8, 4) is 6.07 Å². The van der Waals surface area contributed by atoms with E-state index in [-0.39, 0.29) is 11.1 Å². The van der Waals surface area contributed by atoms with Crippen molar-refractivity contribution in [2.45, 2.75) is 0 Å². The van der Waals surface area contributed by atoms with Crippen molar-refractivity contribution in [1.82, 2.24) is 5.73 Å². The third-order valence-corrected chi connectivity index (χ3v) is 6.37. The van der Waals surface area contributed by atoms with Gasteiger partial charge in [-0.1, -0.05) is 0 Å². The molecule has 0 atom stereocenters. The van der Waals surface area contributed by atoms with Crippen molar-refractivity contribution < 1.29 is 4.79 Å². The van der Waals surface area contributed by atoms with Gasteiger partial charge in [-0.25, -0.2) is 0 Å². The van der Waals surface area contributed by atoms with E-state index in [2.05, 4.69) is 63.7 Å². The summed E-state index contributed by atoms with van der Waals surface area (Å²) < 4.78 is 2.06. The lowest BCUT2D eigenvalue weighted by Gasteiger charge is -2.09. The molecule has 0 saturated heterocycles. The Bertz CT molecular complexity index is 493. The predicted octanol–water partition coefficient (Wildman–Crippen LogP) is 4.03. The molecule has 3 nitrogen and oxygen atoms in total. The number of halogens is 4. The molecule has 15 heavy (non-hydrogen) atoms. The van der Waals surface area contributed by atoms with E-state index in [1.54, 1.807) is 0 Å². The summed E-state index contributed by atoms with van der Waals surface area (Å²) >= 11 is 12.9. The predicted molar refractivity (Wildman–Crippen MR) is 69.4 cm³/mol. The standard InChI is InChI=1S/C8HBr4N2O/c9-4-2(1-13)3(8(14)15)5(10)7(12)6(4)11/h14H. The largest absolute Gasteiger partial charge is 0.272 e. The van der Waals surface area contributed by atoms with Crippen LogP contribution in [0.25, 0.3) is 0 Å². The molecule has 0 heterocycles. The fraction of sp³-hybridized carbons (Fsp3) is 0. The summed E-state index contributed by atoms with van der Waals surface area (Å²) in [4.78, 5) is 11.1. The highest BCUT2D eigenvalue weighted by molar-refractivity contribution is 9.15. The van der Waals surface area contributed by atoms with Crippen LogP contribution in [0.3, 0.4) is 0 Å². The second-order valence-corrected chi connectivity index (χ2v) is 5.62. The van der Waals surface area contributed by atoms with Crippen molar-refractivity contribution in [2.24, 2.45) is 0 Å². The van der Waals surface area contributed by atoms with Crippen LogP contribution in [-0.4, -0.2) is 5.91 Å². The van der Waals surface area contributed by atoms with Gasteiger partial charge in [0.15, 0.2) is 0 Å². The second kappa shape index (κ2) is 4.95. The Balaban J connectivity index is 3.80. The Morgan fingerprint density at radius 2 is 1.53 bits per heavy atom. The van der Waals surface area contributed by atoms with Gasteiger partial charge >= 0.3 is 0 Å². The fourth-order valence-corrected chi connectivity index (χ4v) is 3.34. The number of rotatable bonds is 1. The quantitative estimate of drug-likeness (QED) is 0.469. The van der Waals surface area contributed by atoms with Gasteiger partial charge in [-0.15, -0.1) is 0 Å². The van der Waals surface area contributed by atoms with E-state index in [1.165, 1.54) is 0 Å². The molecule has 1 radical (unpaired) electrons. The van der Waals surface area contributed by atoms with E-state index in [0.29, 0.717) is 17.9 Å². The average molecular weight is 461 g/mol. The summed E-state index contributed by atoms with van der Waals surface area (Å²) in [5.74, 6) is -0.910. The highest BCUT2D eigenvalue weighted by Gasteiger charge is 2.22. The number of nitriles is 1. The molecule has 77 valence electrons. The van der Waals surface area contributed by atoms with E-state index < -0.39 is 5.91 Å². The van der Waals surface area contributed by atoms with E-state index >= 15 is 0 Å². The zero-order valence-electron chi connectivity index (χ0n) is 6.87. The van der Waals surface area contributed by atoms with Gasteiger partial charge < -0.3 is 0 Å². The summed E-state index contributed by atoms with van der Waals surface area (Å²) in [6.07, 6.45) is 0. The zero-order chi connectivity index (χ0) is 11.7. The Labute approximate surface area is 120 Å². The molecule has 1 N–H and O–H groups in total. The Kier molecular flexibility index (Phi) is 4.35. The molecule has 1 amide bonds. The van der Waals surface area contributed by atoms with Gasteiger partial charge in [0, 0.05) is 13.4 Å². The third kappa shape index (κ3) is 2.28. The molecule has 0 aliphatic carbocycles. The summed E-state index contributed by atoms with van der Waals surface area (Å²) in [5.41, 5.74) is 7.27. The van der Waals surface area contributed by atoms with E-state index in [1.807, 2.05) is 6.07 Å². The molecule has 1 aromatic rings. The molecule has 0 aliphatic heterocycles. The van der Waals surface area contributed by atoms with Crippen LogP contribution >= 0.6 is 63.7 Å². The fourth-order valence-electron chi connectivity index (χ4n) is 0.950.